The molecule has 0 unspecified atom stereocenters. The Labute approximate surface area is 186 Å². The summed E-state index contributed by atoms with van der Waals surface area (Å²) in [4.78, 5) is 15.1. The molecule has 0 saturated carbocycles. The molecular weight excluding hydrogens is 422 g/mol. The molecule has 168 valence electrons. The van der Waals surface area contributed by atoms with Gasteiger partial charge in [-0.25, -0.2) is 8.42 Å². The monoisotopic (exact) mass is 455 g/mol. The lowest BCUT2D eigenvalue weighted by atomic mass is 9.98. The Hall–Kier alpha value is -1.15. The molecular formula is C22H34ClN3O3S. The molecule has 1 N–H and O–H groups in total. The van der Waals surface area contributed by atoms with Gasteiger partial charge in [0.05, 0.1) is 5.02 Å². The molecule has 30 heavy (non-hydrogen) atoms. The topological polar surface area (TPSA) is 69.7 Å². The van der Waals surface area contributed by atoms with E-state index < -0.39 is 10.0 Å². The normalized spacial score (nSPS) is 23.3. The number of hydrogen-bond acceptors (Lipinski definition) is 4. The minimum Gasteiger partial charge on any atom is -0.350 e. The first-order valence-corrected chi connectivity index (χ1v) is 12.8. The van der Waals surface area contributed by atoms with E-state index in [0.29, 0.717) is 31.1 Å². The fraction of sp³-hybridized carbons (Fsp3) is 0.682. The van der Waals surface area contributed by atoms with E-state index >= 15 is 0 Å². The fourth-order valence-electron chi connectivity index (χ4n) is 4.29. The number of rotatable bonds is 6. The third-order valence-electron chi connectivity index (χ3n) is 6.43. The first kappa shape index (κ1) is 23.5. The number of amides is 1. The molecule has 2 aliphatic heterocycles. The van der Waals surface area contributed by atoms with Crippen molar-refractivity contribution < 1.29 is 13.2 Å². The van der Waals surface area contributed by atoms with Crippen LogP contribution in [0.3, 0.4) is 0 Å². The molecule has 0 spiro atoms. The highest BCUT2D eigenvalue weighted by Gasteiger charge is 2.31. The van der Waals surface area contributed by atoms with Crippen molar-refractivity contribution in [2.75, 3.05) is 32.7 Å². The summed E-state index contributed by atoms with van der Waals surface area (Å²) in [5.74, 6) is 0.811. The Morgan fingerprint density at radius 3 is 2.53 bits per heavy atom. The third-order valence-corrected chi connectivity index (χ3v) is 8.78. The van der Waals surface area contributed by atoms with Crippen LogP contribution in [0, 0.1) is 11.8 Å². The first-order valence-electron chi connectivity index (χ1n) is 11.0. The van der Waals surface area contributed by atoms with Gasteiger partial charge in [-0.1, -0.05) is 25.4 Å². The molecule has 0 aliphatic carbocycles. The van der Waals surface area contributed by atoms with Crippen LogP contribution in [0.5, 0.6) is 0 Å². The highest BCUT2D eigenvalue weighted by molar-refractivity contribution is 7.89. The molecule has 2 aliphatic rings. The van der Waals surface area contributed by atoms with E-state index in [2.05, 4.69) is 31.0 Å². The van der Waals surface area contributed by atoms with Gasteiger partial charge < -0.3 is 5.32 Å². The zero-order valence-corrected chi connectivity index (χ0v) is 19.8. The molecule has 2 saturated heterocycles. The van der Waals surface area contributed by atoms with E-state index in [1.807, 2.05) is 0 Å². The maximum atomic E-state index is 13.1. The largest absolute Gasteiger partial charge is 0.350 e. The summed E-state index contributed by atoms with van der Waals surface area (Å²) in [6.07, 6.45) is 4.24. The smallest absolute Gasteiger partial charge is 0.251 e. The van der Waals surface area contributed by atoms with Crippen LogP contribution in [0.4, 0.5) is 0 Å². The van der Waals surface area contributed by atoms with Crippen molar-refractivity contribution in [1.82, 2.24) is 14.5 Å². The van der Waals surface area contributed by atoms with E-state index in [1.54, 1.807) is 6.07 Å². The molecule has 2 fully saturated rings. The molecule has 1 aromatic carbocycles. The molecule has 3 rings (SSSR count). The maximum Gasteiger partial charge on any atom is 0.251 e. The Morgan fingerprint density at radius 2 is 1.87 bits per heavy atom. The van der Waals surface area contributed by atoms with Crippen molar-refractivity contribution in [3.63, 3.8) is 0 Å². The summed E-state index contributed by atoms with van der Waals surface area (Å²) < 4.78 is 27.8. The van der Waals surface area contributed by atoms with Crippen molar-refractivity contribution in [2.24, 2.45) is 11.8 Å². The number of nitrogens with zero attached hydrogens (tertiary/aromatic N) is 2. The van der Waals surface area contributed by atoms with E-state index in [4.69, 9.17) is 11.6 Å². The molecule has 8 heteroatoms. The summed E-state index contributed by atoms with van der Waals surface area (Å²) in [5.41, 5.74) is 0.322. The quantitative estimate of drug-likeness (QED) is 0.711. The lowest BCUT2D eigenvalue weighted by Gasteiger charge is -2.35. The summed E-state index contributed by atoms with van der Waals surface area (Å²) in [6.45, 7) is 10.1. The van der Waals surface area contributed by atoms with Crippen LogP contribution < -0.4 is 5.32 Å². The summed E-state index contributed by atoms with van der Waals surface area (Å²) in [6, 6.07) is 4.75. The Kier molecular flexibility index (Phi) is 7.82. The highest BCUT2D eigenvalue weighted by atomic mass is 35.5. The van der Waals surface area contributed by atoms with Gasteiger partial charge in [0.25, 0.3) is 5.91 Å². The van der Waals surface area contributed by atoms with Gasteiger partial charge in [-0.15, -0.1) is 0 Å². The third kappa shape index (κ3) is 5.55. The van der Waals surface area contributed by atoms with Crippen LogP contribution in [0.1, 0.15) is 56.8 Å². The van der Waals surface area contributed by atoms with Crippen molar-refractivity contribution in [3.05, 3.63) is 28.8 Å². The van der Waals surface area contributed by atoms with Crippen LogP contribution in [-0.4, -0.2) is 62.3 Å². The number of sulfonamides is 1. The first-order chi connectivity index (χ1) is 14.2. The standard InChI is InChI=1S/C22H34ClN3O3S/c1-16-8-11-25(12-9-16)18(3)14-24-22(27)19-6-7-20(23)21(13-19)30(28,29)26-10-4-5-17(2)15-26/h6-7,13,16-18H,4-5,8-12,14-15H2,1-3H3,(H,24,27)/t17-,18-/m1/s1. The van der Waals surface area contributed by atoms with Gasteiger partial charge >= 0.3 is 0 Å². The second-order valence-corrected chi connectivity index (χ2v) is 11.3. The lowest BCUT2D eigenvalue weighted by molar-refractivity contribution is 0.0921. The zero-order valence-electron chi connectivity index (χ0n) is 18.2. The van der Waals surface area contributed by atoms with Gasteiger partial charge in [0.2, 0.25) is 10.0 Å². The van der Waals surface area contributed by atoms with Gasteiger partial charge in [0, 0.05) is 31.2 Å². The summed E-state index contributed by atoms with van der Waals surface area (Å²) in [7, 11) is -3.72. The number of carbonyl (C=O) groups excluding carboxylic acids is 1. The van der Waals surface area contributed by atoms with Gasteiger partial charge in [0.15, 0.2) is 0 Å². The lowest BCUT2D eigenvalue weighted by Crippen LogP contribution is -2.45. The number of likely N-dealkylation sites (tertiary alicyclic amines) is 1. The average Bonchev–Trinajstić information content (AvgIpc) is 2.72. The van der Waals surface area contributed by atoms with Crippen LogP contribution >= 0.6 is 11.6 Å². The number of carbonyl (C=O) groups is 1. The average molecular weight is 456 g/mol. The van der Waals surface area contributed by atoms with Gasteiger partial charge in [0.1, 0.15) is 4.90 Å². The summed E-state index contributed by atoms with van der Waals surface area (Å²) in [5, 5.41) is 3.11. The van der Waals surface area contributed by atoms with E-state index in [9.17, 15) is 13.2 Å². The van der Waals surface area contributed by atoms with Gasteiger partial charge in [-0.3, -0.25) is 9.69 Å². The zero-order chi connectivity index (χ0) is 21.9. The summed E-state index contributed by atoms with van der Waals surface area (Å²) >= 11 is 6.24. The predicted molar refractivity (Wildman–Crippen MR) is 120 cm³/mol. The van der Waals surface area contributed by atoms with Crippen molar-refractivity contribution in [3.8, 4) is 0 Å². The van der Waals surface area contributed by atoms with Crippen molar-refractivity contribution in [2.45, 2.75) is 57.4 Å². The molecule has 2 atom stereocenters. The number of nitrogens with one attached hydrogen (secondary N) is 1. The molecule has 1 amide bonds. The van der Waals surface area contributed by atoms with Crippen molar-refractivity contribution in [1.29, 1.82) is 0 Å². The van der Waals surface area contributed by atoms with Crippen LogP contribution in [0.25, 0.3) is 0 Å². The fourth-order valence-corrected chi connectivity index (χ4v) is 6.39. The molecule has 0 bridgehead atoms. The predicted octanol–water partition coefficient (Wildman–Crippen LogP) is 3.61. The molecule has 1 aromatic rings. The number of benzene rings is 1. The van der Waals surface area contributed by atoms with E-state index in [-0.39, 0.29) is 21.9 Å². The number of piperidine rings is 2. The Bertz CT molecular complexity index is 853. The minimum atomic E-state index is -3.72. The van der Waals surface area contributed by atoms with Crippen LogP contribution in [0.2, 0.25) is 5.02 Å². The second-order valence-electron chi connectivity index (χ2n) is 9.03. The highest BCUT2D eigenvalue weighted by Crippen LogP contribution is 2.29. The van der Waals surface area contributed by atoms with E-state index in [1.165, 1.54) is 29.3 Å². The van der Waals surface area contributed by atoms with Crippen molar-refractivity contribution >= 4 is 27.5 Å². The number of halogens is 1. The SMILES string of the molecule is CC1CCN([C@H](C)CNC(=O)c2ccc(Cl)c(S(=O)(=O)N3CCC[C@@H](C)C3)c2)CC1. The molecule has 0 radical (unpaired) electrons. The Morgan fingerprint density at radius 1 is 1.17 bits per heavy atom. The van der Waals surface area contributed by atoms with Gasteiger partial charge in [-0.05, 0) is 75.7 Å². The molecule has 2 heterocycles. The number of hydrogen-bond donors (Lipinski definition) is 1. The molecule has 6 nitrogen and oxygen atoms in total. The Balaban J connectivity index is 1.67. The molecule has 0 aromatic heterocycles. The maximum absolute atomic E-state index is 13.1. The second kappa shape index (κ2) is 9.98. The van der Waals surface area contributed by atoms with Crippen LogP contribution in [0.15, 0.2) is 23.1 Å². The van der Waals surface area contributed by atoms with Crippen LogP contribution in [-0.2, 0) is 10.0 Å². The van der Waals surface area contributed by atoms with Gasteiger partial charge in [-0.2, -0.15) is 4.31 Å². The van der Waals surface area contributed by atoms with E-state index in [0.717, 1.165) is 31.8 Å². The minimum absolute atomic E-state index is 0.0176.